The fraction of sp³-hybridized carbons (Fsp3) is 0.278. The Hall–Kier alpha value is -1.60. The third-order valence-corrected chi connectivity index (χ3v) is 4.21. The van der Waals surface area contributed by atoms with Crippen molar-refractivity contribution in [1.29, 1.82) is 5.26 Å². The molecule has 0 bridgehead atoms. The Morgan fingerprint density at radius 1 is 1.17 bits per heavy atom. The molecule has 0 amide bonds. The van der Waals surface area contributed by atoms with Gasteiger partial charge in [0.15, 0.2) is 0 Å². The molecular formula is C18H17Cl2FN2. The highest BCUT2D eigenvalue weighted by Crippen LogP contribution is 2.32. The molecule has 0 aliphatic rings. The van der Waals surface area contributed by atoms with E-state index in [0.717, 1.165) is 16.7 Å². The van der Waals surface area contributed by atoms with Gasteiger partial charge in [0, 0.05) is 23.1 Å². The molecule has 2 aromatic carbocycles. The van der Waals surface area contributed by atoms with Crippen LogP contribution in [0.1, 0.15) is 35.1 Å². The molecule has 1 unspecified atom stereocenters. The van der Waals surface area contributed by atoms with Crippen LogP contribution in [0.25, 0.3) is 0 Å². The molecule has 2 nitrogen and oxygen atoms in total. The maximum atomic E-state index is 13.4. The molecule has 0 saturated heterocycles. The van der Waals surface area contributed by atoms with Gasteiger partial charge >= 0.3 is 0 Å². The molecule has 2 aromatic rings. The molecule has 0 aliphatic heterocycles. The van der Waals surface area contributed by atoms with Gasteiger partial charge in [-0.25, -0.2) is 4.39 Å². The predicted molar refractivity (Wildman–Crippen MR) is 92.4 cm³/mol. The molecule has 0 radical (unpaired) electrons. The summed E-state index contributed by atoms with van der Waals surface area (Å²) in [5, 5.41) is 13.2. The Kier molecular flexibility index (Phi) is 6.01. The number of aryl methyl sites for hydroxylation is 1. The summed E-state index contributed by atoms with van der Waals surface area (Å²) < 4.78 is 13.4. The molecule has 0 saturated carbocycles. The fourth-order valence-corrected chi connectivity index (χ4v) is 3.43. The number of rotatable bonds is 5. The second-order valence-corrected chi connectivity index (χ2v) is 6.45. The molecular weight excluding hydrogens is 334 g/mol. The van der Waals surface area contributed by atoms with E-state index in [1.54, 1.807) is 12.1 Å². The van der Waals surface area contributed by atoms with Crippen LogP contribution in [0.5, 0.6) is 0 Å². The van der Waals surface area contributed by atoms with Crippen molar-refractivity contribution in [2.24, 2.45) is 0 Å². The van der Waals surface area contributed by atoms with E-state index in [4.69, 9.17) is 28.5 Å². The lowest BCUT2D eigenvalue weighted by Gasteiger charge is -2.17. The van der Waals surface area contributed by atoms with Gasteiger partial charge < -0.3 is 5.32 Å². The van der Waals surface area contributed by atoms with Gasteiger partial charge in [-0.1, -0.05) is 36.2 Å². The predicted octanol–water partition coefficient (Wildman–Crippen LogP) is 5.21. The second-order valence-electron chi connectivity index (χ2n) is 5.63. The summed E-state index contributed by atoms with van der Waals surface area (Å²) in [6.07, 6.45) is 0. The maximum absolute atomic E-state index is 13.4. The number of halogens is 3. The summed E-state index contributed by atoms with van der Waals surface area (Å²) in [6, 6.07) is 10.2. The van der Waals surface area contributed by atoms with Gasteiger partial charge in [0.2, 0.25) is 0 Å². The Morgan fingerprint density at radius 3 is 2.39 bits per heavy atom. The van der Waals surface area contributed by atoms with Gasteiger partial charge in [-0.05, 0) is 53.8 Å². The zero-order chi connectivity index (χ0) is 17.0. The first-order chi connectivity index (χ1) is 10.9. The molecule has 120 valence electrons. The minimum absolute atomic E-state index is 0.0670. The van der Waals surface area contributed by atoms with Crippen LogP contribution >= 0.6 is 23.2 Å². The largest absolute Gasteiger partial charge is 0.312 e. The molecule has 2 rings (SSSR count). The molecule has 1 atom stereocenters. The zero-order valence-corrected chi connectivity index (χ0v) is 14.5. The molecule has 0 heterocycles. The average molecular weight is 351 g/mol. The van der Waals surface area contributed by atoms with Crippen LogP contribution in [0.15, 0.2) is 30.3 Å². The number of benzene rings is 2. The lowest BCUT2D eigenvalue weighted by Crippen LogP contribution is -2.20. The third-order valence-electron chi connectivity index (χ3n) is 3.58. The minimum atomic E-state index is -0.229. The molecule has 5 heteroatoms. The van der Waals surface area contributed by atoms with Crippen molar-refractivity contribution in [3.05, 3.63) is 68.4 Å². The first-order valence-electron chi connectivity index (χ1n) is 7.26. The summed E-state index contributed by atoms with van der Waals surface area (Å²) in [5.41, 5.74) is 3.05. The monoisotopic (exact) mass is 350 g/mol. The first kappa shape index (κ1) is 17.7. The smallest absolute Gasteiger partial charge is 0.123 e. The van der Waals surface area contributed by atoms with Crippen LogP contribution in [0.4, 0.5) is 4.39 Å². The van der Waals surface area contributed by atoms with Crippen molar-refractivity contribution in [2.45, 2.75) is 26.3 Å². The van der Waals surface area contributed by atoms with E-state index in [9.17, 15) is 4.39 Å². The minimum Gasteiger partial charge on any atom is -0.312 e. The molecule has 0 spiro atoms. The summed E-state index contributed by atoms with van der Waals surface area (Å²) in [4.78, 5) is 0. The quantitative estimate of drug-likeness (QED) is 0.803. The van der Waals surface area contributed by atoms with Gasteiger partial charge in [0.05, 0.1) is 11.6 Å². The van der Waals surface area contributed by atoms with Crippen molar-refractivity contribution >= 4 is 23.2 Å². The van der Waals surface area contributed by atoms with Crippen molar-refractivity contribution in [3.8, 4) is 6.07 Å². The average Bonchev–Trinajstić information content (AvgIpc) is 2.45. The summed E-state index contributed by atoms with van der Waals surface area (Å²) >= 11 is 12.5. The summed E-state index contributed by atoms with van der Waals surface area (Å²) in [6.45, 7) is 5.07. The van der Waals surface area contributed by atoms with Crippen LogP contribution in [-0.2, 0) is 6.54 Å². The van der Waals surface area contributed by atoms with E-state index >= 15 is 0 Å². The number of hydrogen-bond acceptors (Lipinski definition) is 2. The van der Waals surface area contributed by atoms with Crippen LogP contribution in [0.2, 0.25) is 10.0 Å². The van der Waals surface area contributed by atoms with Crippen LogP contribution in [0, 0.1) is 24.1 Å². The Bertz CT molecular complexity index is 710. The van der Waals surface area contributed by atoms with Crippen LogP contribution < -0.4 is 5.32 Å². The molecule has 0 aliphatic carbocycles. The third kappa shape index (κ3) is 4.68. The highest BCUT2D eigenvalue weighted by molar-refractivity contribution is 6.36. The SMILES string of the molecule is Cc1cc(F)cc(CNCC(C)c2c(Cl)cc(C#N)cc2Cl)c1. The summed E-state index contributed by atoms with van der Waals surface area (Å²) in [5.74, 6) is -0.162. The van der Waals surface area contributed by atoms with E-state index in [1.165, 1.54) is 12.1 Å². The van der Waals surface area contributed by atoms with E-state index < -0.39 is 0 Å². The van der Waals surface area contributed by atoms with E-state index in [0.29, 0.717) is 28.7 Å². The summed E-state index contributed by atoms with van der Waals surface area (Å²) in [7, 11) is 0. The standard InChI is InChI=1S/C18H17Cl2FN2/c1-11-3-14(5-15(21)4-11)10-23-9-12(2)18-16(19)6-13(8-22)7-17(18)20/h3-7,12,23H,9-10H2,1-2H3. The Balaban J connectivity index is 2.03. The van der Waals surface area contributed by atoms with E-state index in [2.05, 4.69) is 5.32 Å². The van der Waals surface area contributed by atoms with E-state index in [-0.39, 0.29) is 11.7 Å². The van der Waals surface area contributed by atoms with Gasteiger partial charge in [-0.3, -0.25) is 0 Å². The molecule has 0 aromatic heterocycles. The zero-order valence-electron chi connectivity index (χ0n) is 13.0. The normalized spacial score (nSPS) is 12.0. The lowest BCUT2D eigenvalue weighted by atomic mass is 9.99. The maximum Gasteiger partial charge on any atom is 0.123 e. The first-order valence-corrected chi connectivity index (χ1v) is 8.02. The molecule has 1 N–H and O–H groups in total. The topological polar surface area (TPSA) is 35.8 Å². The Labute approximate surface area is 145 Å². The second kappa shape index (κ2) is 7.79. The van der Waals surface area contributed by atoms with Crippen molar-refractivity contribution < 1.29 is 4.39 Å². The van der Waals surface area contributed by atoms with Gasteiger partial charge in [-0.15, -0.1) is 0 Å². The number of nitrogens with zero attached hydrogens (tertiary/aromatic N) is 1. The van der Waals surface area contributed by atoms with Crippen molar-refractivity contribution in [1.82, 2.24) is 5.32 Å². The van der Waals surface area contributed by atoms with E-state index in [1.807, 2.05) is 26.0 Å². The van der Waals surface area contributed by atoms with Gasteiger partial charge in [0.1, 0.15) is 5.82 Å². The highest BCUT2D eigenvalue weighted by atomic mass is 35.5. The number of hydrogen-bond donors (Lipinski definition) is 1. The fourth-order valence-electron chi connectivity index (χ4n) is 2.57. The van der Waals surface area contributed by atoms with Crippen LogP contribution in [0.3, 0.4) is 0 Å². The van der Waals surface area contributed by atoms with Crippen molar-refractivity contribution in [3.63, 3.8) is 0 Å². The molecule has 23 heavy (non-hydrogen) atoms. The molecule has 0 fully saturated rings. The lowest BCUT2D eigenvalue weighted by molar-refractivity contribution is 0.602. The van der Waals surface area contributed by atoms with Crippen molar-refractivity contribution in [2.75, 3.05) is 6.54 Å². The van der Waals surface area contributed by atoms with Gasteiger partial charge in [-0.2, -0.15) is 5.26 Å². The van der Waals surface area contributed by atoms with Gasteiger partial charge in [0.25, 0.3) is 0 Å². The van der Waals surface area contributed by atoms with Crippen LogP contribution in [-0.4, -0.2) is 6.54 Å². The highest BCUT2D eigenvalue weighted by Gasteiger charge is 2.15. The number of nitriles is 1. The Morgan fingerprint density at radius 2 is 1.83 bits per heavy atom. The number of nitrogens with one attached hydrogen (secondary N) is 1.